The van der Waals surface area contributed by atoms with E-state index < -0.39 is 5.97 Å². The average molecular weight is 383 g/mol. The maximum atomic E-state index is 11.7. The molecule has 4 rings (SSSR count). The number of aromatic nitrogens is 3. The maximum absolute atomic E-state index is 11.7. The number of rotatable bonds is 5. The molecule has 0 unspecified atom stereocenters. The van der Waals surface area contributed by atoms with Crippen LogP contribution in [0.5, 0.6) is 0 Å². The zero-order valence-electron chi connectivity index (χ0n) is 16.5. The van der Waals surface area contributed by atoms with Crippen LogP contribution in [0.1, 0.15) is 47.9 Å². The molecule has 2 aromatic heterocycles. The molecule has 0 aromatic carbocycles. The van der Waals surface area contributed by atoms with Gasteiger partial charge < -0.3 is 10.0 Å². The van der Waals surface area contributed by atoms with Crippen molar-refractivity contribution in [1.82, 2.24) is 19.7 Å². The first-order valence-corrected chi connectivity index (χ1v) is 10.4. The first-order chi connectivity index (χ1) is 13.7. The fraction of sp³-hybridized carbons (Fsp3) is 0.571. The van der Waals surface area contributed by atoms with E-state index in [0.717, 1.165) is 76.1 Å². The number of aryl methyl sites for hydroxylation is 1. The van der Waals surface area contributed by atoms with Crippen LogP contribution in [0, 0.1) is 0 Å². The summed E-state index contributed by atoms with van der Waals surface area (Å²) in [4.78, 5) is 20.8. The van der Waals surface area contributed by atoms with Gasteiger partial charge in [-0.1, -0.05) is 6.92 Å². The molecule has 150 valence electrons. The van der Waals surface area contributed by atoms with Crippen molar-refractivity contribution < 1.29 is 9.90 Å². The van der Waals surface area contributed by atoms with Crippen molar-refractivity contribution in [2.45, 2.75) is 51.6 Å². The molecule has 7 nitrogen and oxygen atoms in total. The zero-order valence-corrected chi connectivity index (χ0v) is 16.5. The summed E-state index contributed by atoms with van der Waals surface area (Å²) in [5.74, 6) is -0.897. The number of carboxylic acid groups (broad SMARTS) is 1. The molecule has 1 N–H and O–H groups in total. The number of carboxylic acids is 1. The first kappa shape index (κ1) is 18.9. The van der Waals surface area contributed by atoms with Crippen LogP contribution in [0.4, 0.5) is 5.69 Å². The van der Waals surface area contributed by atoms with Gasteiger partial charge in [0.05, 0.1) is 0 Å². The number of nitrogens with zero attached hydrogens (tertiary/aromatic N) is 5. The smallest absolute Gasteiger partial charge is 0.356 e. The third-order valence-corrected chi connectivity index (χ3v) is 6.03. The Balaban J connectivity index is 1.48. The molecule has 1 atom stereocenters. The van der Waals surface area contributed by atoms with Crippen LogP contribution >= 0.6 is 0 Å². The quantitative estimate of drug-likeness (QED) is 0.855. The highest BCUT2D eigenvalue weighted by Crippen LogP contribution is 2.29. The molecule has 2 aliphatic rings. The van der Waals surface area contributed by atoms with E-state index in [1.807, 2.05) is 17.1 Å². The average Bonchev–Trinajstić information content (AvgIpc) is 2.90. The summed E-state index contributed by atoms with van der Waals surface area (Å²) >= 11 is 0. The Hall–Kier alpha value is -2.41. The Morgan fingerprint density at radius 3 is 2.79 bits per heavy atom. The lowest BCUT2D eigenvalue weighted by atomic mass is 9.90. The second-order valence-corrected chi connectivity index (χ2v) is 7.78. The minimum Gasteiger partial charge on any atom is -0.476 e. The normalized spacial score (nSPS) is 20.6. The zero-order chi connectivity index (χ0) is 19.5. The Bertz CT molecular complexity index is 820. The minimum atomic E-state index is -0.897. The molecule has 0 spiro atoms. The molecular weight excluding hydrogens is 354 g/mol. The van der Waals surface area contributed by atoms with Gasteiger partial charge in [0.15, 0.2) is 5.69 Å². The van der Waals surface area contributed by atoms with Gasteiger partial charge in [0.2, 0.25) is 0 Å². The van der Waals surface area contributed by atoms with E-state index in [1.54, 1.807) is 0 Å². The van der Waals surface area contributed by atoms with E-state index in [-0.39, 0.29) is 5.69 Å². The van der Waals surface area contributed by atoms with Gasteiger partial charge in [0.1, 0.15) is 0 Å². The Morgan fingerprint density at radius 2 is 2.04 bits per heavy atom. The van der Waals surface area contributed by atoms with Gasteiger partial charge in [0, 0.05) is 68.1 Å². The van der Waals surface area contributed by atoms with E-state index in [4.69, 9.17) is 0 Å². The molecule has 0 saturated carbocycles. The van der Waals surface area contributed by atoms with Gasteiger partial charge in [-0.3, -0.25) is 14.6 Å². The summed E-state index contributed by atoms with van der Waals surface area (Å²) in [6.07, 6.45) is 8.59. The molecule has 2 aromatic rings. The van der Waals surface area contributed by atoms with Gasteiger partial charge in [0.25, 0.3) is 0 Å². The van der Waals surface area contributed by atoms with Crippen molar-refractivity contribution in [2.75, 3.05) is 31.1 Å². The summed E-state index contributed by atoms with van der Waals surface area (Å²) in [5, 5.41) is 14.0. The Morgan fingerprint density at radius 1 is 1.21 bits per heavy atom. The van der Waals surface area contributed by atoms with E-state index in [0.29, 0.717) is 6.04 Å². The highest BCUT2D eigenvalue weighted by molar-refractivity contribution is 5.87. The third-order valence-electron chi connectivity index (χ3n) is 6.03. The van der Waals surface area contributed by atoms with Crippen molar-refractivity contribution >= 4 is 11.7 Å². The molecule has 1 aliphatic heterocycles. The lowest BCUT2D eigenvalue weighted by Gasteiger charge is -2.34. The van der Waals surface area contributed by atoms with E-state index in [2.05, 4.69) is 38.9 Å². The van der Waals surface area contributed by atoms with Crippen LogP contribution in [0.2, 0.25) is 0 Å². The van der Waals surface area contributed by atoms with Gasteiger partial charge in [-0.25, -0.2) is 4.79 Å². The Kier molecular flexibility index (Phi) is 5.62. The molecule has 3 heterocycles. The van der Waals surface area contributed by atoms with Crippen molar-refractivity contribution in [3.8, 4) is 0 Å². The minimum absolute atomic E-state index is 0.265. The van der Waals surface area contributed by atoms with Crippen molar-refractivity contribution in [3.63, 3.8) is 0 Å². The number of fused-ring (bicyclic) bond motifs is 1. The summed E-state index contributed by atoms with van der Waals surface area (Å²) in [7, 11) is 0. The van der Waals surface area contributed by atoms with Crippen molar-refractivity contribution in [2.24, 2.45) is 0 Å². The second-order valence-electron chi connectivity index (χ2n) is 7.78. The predicted octanol–water partition coefficient (Wildman–Crippen LogP) is 2.46. The molecule has 1 aliphatic carbocycles. The number of hydrogen-bond acceptors (Lipinski definition) is 5. The largest absolute Gasteiger partial charge is 0.476 e. The van der Waals surface area contributed by atoms with Crippen molar-refractivity contribution in [1.29, 1.82) is 0 Å². The molecule has 1 fully saturated rings. The van der Waals surface area contributed by atoms with Crippen LogP contribution in [0.25, 0.3) is 0 Å². The number of hydrogen-bond donors (Lipinski definition) is 1. The number of pyridine rings is 1. The fourth-order valence-electron chi connectivity index (χ4n) is 4.67. The summed E-state index contributed by atoms with van der Waals surface area (Å²) < 4.78 is 1.93. The van der Waals surface area contributed by atoms with Crippen LogP contribution in [0.15, 0.2) is 24.5 Å². The van der Waals surface area contributed by atoms with E-state index >= 15 is 0 Å². The van der Waals surface area contributed by atoms with Crippen LogP contribution in [-0.4, -0.2) is 63.0 Å². The highest BCUT2D eigenvalue weighted by atomic mass is 16.4. The molecule has 1 saturated heterocycles. The summed E-state index contributed by atoms with van der Waals surface area (Å²) in [5.41, 5.74) is 3.61. The SMILES string of the molecule is CCCn1nc(C(=O)O)c2c1CC[C@@H](N1CCCN(c3ccncc3)CC1)C2. The lowest BCUT2D eigenvalue weighted by molar-refractivity contribution is 0.0687. The predicted molar refractivity (Wildman–Crippen MR) is 108 cm³/mol. The maximum Gasteiger partial charge on any atom is 0.356 e. The molecular formula is C21H29N5O2. The van der Waals surface area contributed by atoms with Crippen LogP contribution < -0.4 is 4.90 Å². The van der Waals surface area contributed by atoms with E-state index in [9.17, 15) is 9.90 Å². The third kappa shape index (κ3) is 3.76. The van der Waals surface area contributed by atoms with Gasteiger partial charge in [-0.15, -0.1) is 0 Å². The monoisotopic (exact) mass is 383 g/mol. The number of anilines is 1. The van der Waals surface area contributed by atoms with Gasteiger partial charge >= 0.3 is 5.97 Å². The molecule has 0 amide bonds. The number of aromatic carboxylic acids is 1. The Labute approximate surface area is 166 Å². The van der Waals surface area contributed by atoms with Gasteiger partial charge in [-0.05, 0) is 44.2 Å². The molecule has 0 radical (unpaired) electrons. The summed E-state index contributed by atoms with van der Waals surface area (Å²) in [6, 6.07) is 4.55. The van der Waals surface area contributed by atoms with Gasteiger partial charge in [-0.2, -0.15) is 5.10 Å². The molecule has 0 bridgehead atoms. The van der Waals surface area contributed by atoms with Crippen LogP contribution in [0.3, 0.4) is 0 Å². The molecule has 7 heteroatoms. The standard InChI is InChI=1S/C21H29N5O2/c1-2-10-26-19-5-4-17(15-18(19)20(23-26)21(27)28)25-12-3-11-24(13-14-25)16-6-8-22-9-7-16/h6-9,17H,2-5,10-15H2,1H3,(H,27,28)/t17-/m1/s1. The summed E-state index contributed by atoms with van der Waals surface area (Å²) in [6.45, 7) is 7.01. The van der Waals surface area contributed by atoms with E-state index in [1.165, 1.54) is 5.69 Å². The molecule has 28 heavy (non-hydrogen) atoms. The highest BCUT2D eigenvalue weighted by Gasteiger charge is 2.32. The fourth-order valence-corrected chi connectivity index (χ4v) is 4.67. The topological polar surface area (TPSA) is 74.5 Å². The lowest BCUT2D eigenvalue weighted by Crippen LogP contribution is -2.42. The van der Waals surface area contributed by atoms with Crippen LogP contribution in [-0.2, 0) is 19.4 Å². The second kappa shape index (κ2) is 8.31. The number of carbonyl (C=O) groups is 1. The van der Waals surface area contributed by atoms with Crippen molar-refractivity contribution in [3.05, 3.63) is 41.5 Å². The first-order valence-electron chi connectivity index (χ1n) is 10.4.